The highest BCUT2D eigenvalue weighted by Gasteiger charge is 2.16. The predicted molar refractivity (Wildman–Crippen MR) is 98.5 cm³/mol. The summed E-state index contributed by atoms with van der Waals surface area (Å²) >= 11 is 0. The van der Waals surface area contributed by atoms with E-state index in [-0.39, 0.29) is 5.56 Å². The lowest BCUT2D eigenvalue weighted by atomic mass is 10.1. The second-order valence-electron chi connectivity index (χ2n) is 6.24. The Labute approximate surface area is 144 Å². The third kappa shape index (κ3) is 2.35. The second kappa shape index (κ2) is 5.86. The molecule has 128 valence electrons. The van der Waals surface area contributed by atoms with Crippen LogP contribution in [0.2, 0.25) is 0 Å². The van der Waals surface area contributed by atoms with Crippen molar-refractivity contribution in [3.63, 3.8) is 0 Å². The number of fused-ring (bicyclic) bond motifs is 3. The molecule has 3 aromatic heterocycles. The average Bonchev–Trinajstić information content (AvgIpc) is 3.21. The number of nitrogens with two attached hydrogens (primary N) is 1. The highest BCUT2D eigenvalue weighted by molar-refractivity contribution is 6.05. The molecule has 25 heavy (non-hydrogen) atoms. The van der Waals surface area contributed by atoms with E-state index in [2.05, 4.69) is 21.4 Å². The Balaban J connectivity index is 2.07. The molecule has 0 amide bonds. The highest BCUT2D eigenvalue weighted by atomic mass is 16.1. The summed E-state index contributed by atoms with van der Waals surface area (Å²) in [5.41, 5.74) is 10.1. The van der Waals surface area contributed by atoms with E-state index in [1.807, 2.05) is 36.9 Å². The zero-order chi connectivity index (χ0) is 17.6. The second-order valence-corrected chi connectivity index (χ2v) is 6.24. The fraction of sp³-hybridized carbons (Fsp3) is 0.278. The summed E-state index contributed by atoms with van der Waals surface area (Å²) in [6.45, 7) is 3.02. The van der Waals surface area contributed by atoms with Gasteiger partial charge in [0.15, 0.2) is 0 Å². The number of aryl methyl sites for hydroxylation is 3. The Bertz CT molecular complexity index is 1130. The molecule has 0 radical (unpaired) electrons. The number of aromatic nitrogens is 5. The van der Waals surface area contributed by atoms with Crippen LogP contribution in [0.15, 0.2) is 35.3 Å². The third-order valence-corrected chi connectivity index (χ3v) is 4.65. The number of rotatable bonds is 4. The molecule has 0 aliphatic heterocycles. The van der Waals surface area contributed by atoms with Crippen LogP contribution in [0, 0.1) is 6.92 Å². The summed E-state index contributed by atoms with van der Waals surface area (Å²) in [6, 6.07) is 8.05. The first-order valence-electron chi connectivity index (χ1n) is 8.31. The summed E-state index contributed by atoms with van der Waals surface area (Å²) in [4.78, 5) is 12.9. The molecular weight excluding hydrogens is 316 g/mol. The SMILES string of the molecule is Cc1[nH]nc2c1c(=O)n(CCCN)c1ccc(-c3ccnn3C)cc21. The molecule has 0 saturated carbocycles. The fourth-order valence-corrected chi connectivity index (χ4v) is 3.38. The number of nitrogens with zero attached hydrogens (tertiary/aromatic N) is 4. The van der Waals surface area contributed by atoms with Gasteiger partial charge in [-0.05, 0) is 38.1 Å². The van der Waals surface area contributed by atoms with Crippen molar-refractivity contribution < 1.29 is 0 Å². The quantitative estimate of drug-likeness (QED) is 0.595. The molecule has 7 heteroatoms. The summed E-state index contributed by atoms with van der Waals surface area (Å²) in [5.74, 6) is 0. The molecule has 3 heterocycles. The molecule has 1 aromatic carbocycles. The van der Waals surface area contributed by atoms with E-state index in [4.69, 9.17) is 5.73 Å². The molecule has 0 atom stereocenters. The van der Waals surface area contributed by atoms with Crippen molar-refractivity contribution in [2.24, 2.45) is 12.8 Å². The lowest BCUT2D eigenvalue weighted by Gasteiger charge is -2.12. The molecular formula is C18H20N6O. The Morgan fingerprint density at radius 3 is 2.84 bits per heavy atom. The lowest BCUT2D eigenvalue weighted by Crippen LogP contribution is -2.22. The van der Waals surface area contributed by atoms with E-state index in [0.29, 0.717) is 24.0 Å². The zero-order valence-corrected chi connectivity index (χ0v) is 14.3. The minimum absolute atomic E-state index is 0.0181. The van der Waals surface area contributed by atoms with Crippen LogP contribution < -0.4 is 11.3 Å². The molecule has 0 saturated heterocycles. The molecule has 0 aliphatic carbocycles. The predicted octanol–water partition coefficient (Wildman–Crippen LogP) is 1.94. The van der Waals surface area contributed by atoms with Gasteiger partial charge in [0.05, 0.1) is 16.6 Å². The molecule has 0 bridgehead atoms. The van der Waals surface area contributed by atoms with Crippen LogP contribution in [0.25, 0.3) is 33.1 Å². The molecule has 7 nitrogen and oxygen atoms in total. The first-order chi connectivity index (χ1) is 12.1. The van der Waals surface area contributed by atoms with E-state index >= 15 is 0 Å². The van der Waals surface area contributed by atoms with Gasteiger partial charge in [-0.1, -0.05) is 6.07 Å². The van der Waals surface area contributed by atoms with Gasteiger partial charge < -0.3 is 10.3 Å². The van der Waals surface area contributed by atoms with Crippen LogP contribution in [-0.2, 0) is 13.6 Å². The number of hydrogen-bond donors (Lipinski definition) is 2. The Morgan fingerprint density at radius 2 is 2.12 bits per heavy atom. The average molecular weight is 336 g/mol. The van der Waals surface area contributed by atoms with E-state index in [9.17, 15) is 4.79 Å². The number of benzene rings is 1. The van der Waals surface area contributed by atoms with Crippen LogP contribution in [0.4, 0.5) is 0 Å². The molecule has 0 spiro atoms. The van der Waals surface area contributed by atoms with Gasteiger partial charge >= 0.3 is 0 Å². The van der Waals surface area contributed by atoms with Gasteiger partial charge in [-0.25, -0.2) is 0 Å². The molecule has 4 rings (SSSR count). The molecule has 4 aromatic rings. The Hall–Kier alpha value is -2.93. The van der Waals surface area contributed by atoms with E-state index < -0.39 is 0 Å². The zero-order valence-electron chi connectivity index (χ0n) is 14.3. The maximum absolute atomic E-state index is 12.9. The highest BCUT2D eigenvalue weighted by Crippen LogP contribution is 2.28. The van der Waals surface area contributed by atoms with E-state index in [1.165, 1.54) is 0 Å². The van der Waals surface area contributed by atoms with Crippen LogP contribution in [0.3, 0.4) is 0 Å². The van der Waals surface area contributed by atoms with Gasteiger partial charge in [0.2, 0.25) is 0 Å². The largest absolute Gasteiger partial charge is 0.330 e. The number of pyridine rings is 1. The normalized spacial score (nSPS) is 11.6. The number of H-pyrrole nitrogens is 1. The van der Waals surface area contributed by atoms with Crippen LogP contribution >= 0.6 is 0 Å². The molecule has 0 aliphatic rings. The minimum Gasteiger partial charge on any atom is -0.330 e. The standard InChI is InChI=1S/C18H20N6O/c1-11-16-17(22-21-11)13-10-12(14-6-8-20-23(14)2)4-5-15(13)24(18(16)25)9-3-7-19/h4-6,8,10H,3,7,9,19H2,1-2H3,(H,21,22). The van der Waals surface area contributed by atoms with Crippen LogP contribution in [0.1, 0.15) is 12.1 Å². The molecule has 0 unspecified atom stereocenters. The number of hydrogen-bond acceptors (Lipinski definition) is 4. The smallest absolute Gasteiger partial charge is 0.262 e. The maximum atomic E-state index is 12.9. The third-order valence-electron chi connectivity index (χ3n) is 4.65. The van der Waals surface area contributed by atoms with E-state index in [1.54, 1.807) is 10.8 Å². The van der Waals surface area contributed by atoms with Crippen molar-refractivity contribution in [3.8, 4) is 11.3 Å². The number of aromatic amines is 1. The summed E-state index contributed by atoms with van der Waals surface area (Å²) < 4.78 is 3.64. The van der Waals surface area contributed by atoms with Gasteiger partial charge in [-0.15, -0.1) is 0 Å². The minimum atomic E-state index is -0.0181. The monoisotopic (exact) mass is 336 g/mol. The molecule has 0 fully saturated rings. The Morgan fingerprint density at radius 1 is 1.28 bits per heavy atom. The summed E-state index contributed by atoms with van der Waals surface area (Å²) in [7, 11) is 1.91. The van der Waals surface area contributed by atoms with Gasteiger partial charge in [-0.2, -0.15) is 10.2 Å². The van der Waals surface area contributed by atoms with Crippen molar-refractivity contribution in [3.05, 3.63) is 46.5 Å². The van der Waals surface area contributed by atoms with Gasteiger partial charge in [0, 0.05) is 36.4 Å². The summed E-state index contributed by atoms with van der Waals surface area (Å²) in [5, 5.41) is 13.2. The Kier molecular flexibility index (Phi) is 3.65. The topological polar surface area (TPSA) is 94.5 Å². The number of nitrogens with one attached hydrogen (secondary N) is 1. The van der Waals surface area contributed by atoms with Gasteiger partial charge in [-0.3, -0.25) is 14.6 Å². The summed E-state index contributed by atoms with van der Waals surface area (Å²) in [6.07, 6.45) is 2.52. The fourth-order valence-electron chi connectivity index (χ4n) is 3.38. The van der Waals surface area contributed by atoms with E-state index in [0.717, 1.165) is 34.3 Å². The van der Waals surface area contributed by atoms with Crippen LogP contribution in [0.5, 0.6) is 0 Å². The van der Waals surface area contributed by atoms with Gasteiger partial charge in [0.1, 0.15) is 5.52 Å². The first-order valence-corrected chi connectivity index (χ1v) is 8.31. The van der Waals surface area contributed by atoms with Crippen molar-refractivity contribution in [2.75, 3.05) is 6.54 Å². The van der Waals surface area contributed by atoms with Crippen molar-refractivity contribution in [2.45, 2.75) is 19.9 Å². The molecule has 3 N–H and O–H groups in total. The van der Waals surface area contributed by atoms with Crippen molar-refractivity contribution >= 4 is 21.8 Å². The first kappa shape index (κ1) is 15.6. The van der Waals surface area contributed by atoms with Crippen molar-refractivity contribution in [1.82, 2.24) is 24.5 Å². The maximum Gasteiger partial charge on any atom is 0.262 e. The van der Waals surface area contributed by atoms with Gasteiger partial charge in [0.25, 0.3) is 5.56 Å². The lowest BCUT2D eigenvalue weighted by molar-refractivity contribution is 0.654. The van der Waals surface area contributed by atoms with Crippen LogP contribution in [-0.4, -0.2) is 31.1 Å². The van der Waals surface area contributed by atoms with Crippen molar-refractivity contribution in [1.29, 1.82) is 0 Å².